The van der Waals surface area contributed by atoms with Crippen molar-refractivity contribution in [1.29, 1.82) is 0 Å². The third kappa shape index (κ3) is 4.10. The van der Waals surface area contributed by atoms with E-state index >= 15 is 0 Å². The quantitative estimate of drug-likeness (QED) is 0.179. The van der Waals surface area contributed by atoms with E-state index in [1.807, 2.05) is 22.7 Å². The molecule has 0 aliphatic rings. The van der Waals surface area contributed by atoms with Gasteiger partial charge in [0.25, 0.3) is 0 Å². The van der Waals surface area contributed by atoms with E-state index in [1.54, 1.807) is 0 Å². The van der Waals surface area contributed by atoms with Gasteiger partial charge < -0.3 is 9.13 Å². The molecule has 10 aromatic rings. The fourth-order valence-electron chi connectivity index (χ4n) is 7.54. The fourth-order valence-corrected chi connectivity index (χ4v) is 9.99. The SMILES string of the molecule is Cc1cccc(-n2c(-c3cccc4c3sc3ccccc34)cc3c2cc(-c2cccc4c2sc2ccccc24)n3-c2cccc(C)c2)c1. The topological polar surface area (TPSA) is 9.86 Å². The molecule has 0 fully saturated rings. The summed E-state index contributed by atoms with van der Waals surface area (Å²) in [5.74, 6) is 0. The zero-order chi connectivity index (χ0) is 31.9. The Balaban J connectivity index is 1.34. The van der Waals surface area contributed by atoms with Crippen LogP contribution in [0.25, 0.3) is 85.3 Å². The van der Waals surface area contributed by atoms with Gasteiger partial charge >= 0.3 is 0 Å². The van der Waals surface area contributed by atoms with Crippen molar-refractivity contribution < 1.29 is 0 Å². The Morgan fingerprint density at radius 3 is 1.27 bits per heavy atom. The lowest BCUT2D eigenvalue weighted by molar-refractivity contribution is 1.13. The molecule has 0 atom stereocenters. The summed E-state index contributed by atoms with van der Waals surface area (Å²) in [5.41, 5.74) is 12.2. The minimum atomic E-state index is 1.17. The van der Waals surface area contributed by atoms with Gasteiger partial charge in [0.1, 0.15) is 0 Å². The smallest absolute Gasteiger partial charge is 0.0724 e. The molecular weight excluding hydrogens is 621 g/mol. The van der Waals surface area contributed by atoms with Gasteiger partial charge in [-0.05, 0) is 73.5 Å². The predicted octanol–water partition coefficient (Wildman–Crippen LogP) is 13.1. The largest absolute Gasteiger partial charge is 0.308 e. The van der Waals surface area contributed by atoms with E-state index in [9.17, 15) is 0 Å². The second-order valence-corrected chi connectivity index (χ2v) is 14.8. The van der Waals surface area contributed by atoms with Gasteiger partial charge in [0, 0.05) is 62.8 Å². The van der Waals surface area contributed by atoms with Gasteiger partial charge in [-0.3, -0.25) is 0 Å². The zero-order valence-corrected chi connectivity index (χ0v) is 28.2. The first kappa shape index (κ1) is 27.7. The molecule has 6 aromatic carbocycles. The lowest BCUT2D eigenvalue weighted by atomic mass is 10.1. The number of benzene rings is 6. The average Bonchev–Trinajstić information content (AvgIpc) is 3.86. The molecule has 0 N–H and O–H groups in total. The van der Waals surface area contributed by atoms with Crippen molar-refractivity contribution in [2.24, 2.45) is 0 Å². The Kier molecular flexibility index (Phi) is 6.08. The molecule has 0 spiro atoms. The van der Waals surface area contributed by atoms with Crippen molar-refractivity contribution in [2.45, 2.75) is 13.8 Å². The van der Waals surface area contributed by atoms with E-state index in [1.165, 1.54) is 96.4 Å². The Hall–Kier alpha value is -5.42. The maximum absolute atomic E-state index is 2.49. The molecule has 0 bridgehead atoms. The zero-order valence-electron chi connectivity index (χ0n) is 26.6. The molecule has 4 heteroatoms. The van der Waals surface area contributed by atoms with Gasteiger partial charge in [0.2, 0.25) is 0 Å². The first-order valence-corrected chi connectivity index (χ1v) is 18.0. The molecule has 10 rings (SSSR count). The lowest BCUT2D eigenvalue weighted by Gasteiger charge is -2.13. The molecule has 2 nitrogen and oxygen atoms in total. The highest BCUT2D eigenvalue weighted by Crippen LogP contribution is 2.46. The minimum Gasteiger partial charge on any atom is -0.308 e. The third-order valence-electron chi connectivity index (χ3n) is 9.65. The molecule has 228 valence electrons. The Morgan fingerprint density at radius 1 is 0.396 bits per heavy atom. The number of hydrogen-bond acceptors (Lipinski definition) is 2. The standard InChI is InChI=1S/C44H30N2S2/c1-27-11-7-13-29(23-27)45-37(35-19-9-17-33-31-15-3-5-21-41(31)47-43(33)35)25-40-39(45)26-38(46(40)30-14-8-12-28(2)24-30)36-20-10-18-34-32-16-4-6-22-42(32)48-44(34)36/h3-26H,1-2H3. The highest BCUT2D eigenvalue weighted by Gasteiger charge is 2.24. The van der Waals surface area contributed by atoms with Gasteiger partial charge in [-0.2, -0.15) is 0 Å². The molecule has 4 aromatic heterocycles. The van der Waals surface area contributed by atoms with Crippen LogP contribution in [0.15, 0.2) is 146 Å². The molecule has 4 heterocycles. The molecule has 0 aliphatic carbocycles. The first-order valence-electron chi connectivity index (χ1n) is 16.3. The first-order chi connectivity index (χ1) is 23.6. The lowest BCUT2D eigenvalue weighted by Crippen LogP contribution is -1.97. The maximum Gasteiger partial charge on any atom is 0.0724 e. The van der Waals surface area contributed by atoms with E-state index in [0.29, 0.717) is 0 Å². The van der Waals surface area contributed by atoms with Crippen LogP contribution < -0.4 is 0 Å². The van der Waals surface area contributed by atoms with E-state index in [-0.39, 0.29) is 0 Å². The molecule has 0 saturated carbocycles. The van der Waals surface area contributed by atoms with Crippen LogP contribution in [0.5, 0.6) is 0 Å². The summed E-state index contributed by atoms with van der Waals surface area (Å²) in [6, 6.07) is 53.8. The van der Waals surface area contributed by atoms with Crippen LogP contribution in [0.3, 0.4) is 0 Å². The maximum atomic E-state index is 2.49. The molecule has 48 heavy (non-hydrogen) atoms. The predicted molar refractivity (Wildman–Crippen MR) is 209 cm³/mol. The molecule has 0 saturated heterocycles. The number of rotatable bonds is 4. The van der Waals surface area contributed by atoms with Gasteiger partial charge in [0.05, 0.1) is 22.4 Å². The molecule has 0 amide bonds. The fraction of sp³-hybridized carbons (Fsp3) is 0.0455. The van der Waals surface area contributed by atoms with Crippen LogP contribution in [0.2, 0.25) is 0 Å². The van der Waals surface area contributed by atoms with Crippen LogP contribution >= 0.6 is 22.7 Å². The number of hydrogen-bond donors (Lipinski definition) is 0. The second kappa shape index (κ2) is 10.5. The Morgan fingerprint density at radius 2 is 0.812 bits per heavy atom. The number of aryl methyl sites for hydroxylation is 2. The summed E-state index contributed by atoms with van der Waals surface area (Å²) >= 11 is 3.78. The van der Waals surface area contributed by atoms with Crippen molar-refractivity contribution in [2.75, 3.05) is 0 Å². The van der Waals surface area contributed by atoms with Crippen molar-refractivity contribution in [3.8, 4) is 33.9 Å². The van der Waals surface area contributed by atoms with Crippen molar-refractivity contribution in [3.05, 3.63) is 157 Å². The Bertz CT molecular complexity index is 2680. The van der Waals surface area contributed by atoms with Crippen LogP contribution in [-0.4, -0.2) is 9.13 Å². The minimum absolute atomic E-state index is 1.17. The monoisotopic (exact) mass is 650 g/mol. The highest BCUT2D eigenvalue weighted by molar-refractivity contribution is 7.26. The summed E-state index contributed by atoms with van der Waals surface area (Å²) in [4.78, 5) is 0. The van der Waals surface area contributed by atoms with E-state index in [4.69, 9.17) is 0 Å². The summed E-state index contributed by atoms with van der Waals surface area (Å²) in [7, 11) is 0. The van der Waals surface area contributed by atoms with E-state index in [0.717, 1.165) is 0 Å². The van der Waals surface area contributed by atoms with Crippen molar-refractivity contribution in [1.82, 2.24) is 9.13 Å². The van der Waals surface area contributed by atoms with Gasteiger partial charge in [-0.1, -0.05) is 97.1 Å². The number of nitrogens with zero attached hydrogens (tertiary/aromatic N) is 2. The number of thiophene rings is 2. The van der Waals surface area contributed by atoms with Crippen LogP contribution in [0.4, 0.5) is 0 Å². The number of aromatic nitrogens is 2. The summed E-state index contributed by atoms with van der Waals surface area (Å²) in [5, 5.41) is 5.27. The third-order valence-corrected chi connectivity index (χ3v) is 12.1. The summed E-state index contributed by atoms with van der Waals surface area (Å²) in [6.45, 7) is 4.37. The summed E-state index contributed by atoms with van der Waals surface area (Å²) < 4.78 is 10.3. The highest BCUT2D eigenvalue weighted by atomic mass is 32.1. The average molecular weight is 651 g/mol. The molecule has 0 radical (unpaired) electrons. The normalized spacial score (nSPS) is 12.0. The van der Waals surface area contributed by atoms with Crippen LogP contribution in [0.1, 0.15) is 11.1 Å². The number of fused-ring (bicyclic) bond motifs is 7. The van der Waals surface area contributed by atoms with E-state index < -0.39 is 0 Å². The van der Waals surface area contributed by atoms with Crippen molar-refractivity contribution >= 4 is 74.1 Å². The van der Waals surface area contributed by atoms with Crippen LogP contribution in [0, 0.1) is 13.8 Å². The Labute approximate surface area is 286 Å². The molecular formula is C44H30N2S2. The van der Waals surface area contributed by atoms with Gasteiger partial charge in [0.15, 0.2) is 0 Å². The van der Waals surface area contributed by atoms with E-state index in [2.05, 4.69) is 169 Å². The van der Waals surface area contributed by atoms with Crippen LogP contribution in [-0.2, 0) is 0 Å². The molecule has 0 aliphatic heterocycles. The van der Waals surface area contributed by atoms with Gasteiger partial charge in [-0.25, -0.2) is 0 Å². The summed E-state index contributed by atoms with van der Waals surface area (Å²) in [6.07, 6.45) is 0. The molecule has 0 unspecified atom stereocenters. The second-order valence-electron chi connectivity index (χ2n) is 12.7. The van der Waals surface area contributed by atoms with Gasteiger partial charge in [-0.15, -0.1) is 22.7 Å². The van der Waals surface area contributed by atoms with Crippen molar-refractivity contribution in [3.63, 3.8) is 0 Å².